The van der Waals surface area contributed by atoms with Gasteiger partial charge in [-0.2, -0.15) is 0 Å². The number of rotatable bonds is 1. The van der Waals surface area contributed by atoms with Crippen molar-refractivity contribution in [3.05, 3.63) is 30.8 Å². The predicted octanol–water partition coefficient (Wildman–Crippen LogP) is 1.32. The van der Waals surface area contributed by atoms with Crippen molar-refractivity contribution in [2.75, 3.05) is 5.73 Å². The van der Waals surface area contributed by atoms with E-state index in [4.69, 9.17) is 10.2 Å². The fourth-order valence-electron chi connectivity index (χ4n) is 0.871. The van der Waals surface area contributed by atoms with E-state index in [0.29, 0.717) is 17.3 Å². The Bertz CT molecular complexity index is 352. The minimum atomic E-state index is 0.547. The third-order valence-electron chi connectivity index (χ3n) is 1.41. The molecule has 4 nitrogen and oxygen atoms in total. The molecule has 4 heteroatoms. The van der Waals surface area contributed by atoms with Crippen LogP contribution in [0.2, 0.25) is 0 Å². The largest absolute Gasteiger partial charge is 0.461 e. The van der Waals surface area contributed by atoms with E-state index < -0.39 is 0 Å². The summed E-state index contributed by atoms with van der Waals surface area (Å²) in [7, 11) is 0. The van der Waals surface area contributed by atoms with E-state index in [0.717, 1.165) is 0 Å². The van der Waals surface area contributed by atoms with Gasteiger partial charge in [-0.05, 0) is 12.1 Å². The zero-order valence-corrected chi connectivity index (χ0v) is 6.27. The summed E-state index contributed by atoms with van der Waals surface area (Å²) in [5.74, 6) is 1.20. The maximum atomic E-state index is 5.42. The van der Waals surface area contributed by atoms with Gasteiger partial charge in [-0.15, -0.1) is 0 Å². The quantitative estimate of drug-likeness (QED) is 0.685. The normalized spacial score (nSPS) is 10.0. The standard InChI is InChI=1S/C8H7N3O/c9-6-4-10-8(11-5-6)7-2-1-3-12-7/h1-5H,9H2. The number of nitrogen functional groups attached to an aromatic ring is 1. The number of nitrogens with two attached hydrogens (primary N) is 1. The molecule has 0 saturated carbocycles. The van der Waals surface area contributed by atoms with Crippen molar-refractivity contribution in [2.45, 2.75) is 0 Å². The molecule has 0 amide bonds. The Morgan fingerprint density at radius 1 is 1.25 bits per heavy atom. The lowest BCUT2D eigenvalue weighted by molar-refractivity contribution is 0.577. The highest BCUT2D eigenvalue weighted by Crippen LogP contribution is 2.14. The molecular formula is C8H7N3O. The Morgan fingerprint density at radius 2 is 2.00 bits per heavy atom. The van der Waals surface area contributed by atoms with Crippen LogP contribution in [0.25, 0.3) is 11.6 Å². The molecule has 0 aliphatic heterocycles. The summed E-state index contributed by atoms with van der Waals surface area (Å²) in [6.07, 6.45) is 4.67. The van der Waals surface area contributed by atoms with Crippen LogP contribution in [-0.2, 0) is 0 Å². The minimum Gasteiger partial charge on any atom is -0.461 e. The van der Waals surface area contributed by atoms with Gasteiger partial charge in [0.15, 0.2) is 11.6 Å². The lowest BCUT2D eigenvalue weighted by Gasteiger charge is -1.94. The van der Waals surface area contributed by atoms with Crippen LogP contribution in [0.4, 0.5) is 5.69 Å². The van der Waals surface area contributed by atoms with E-state index in [-0.39, 0.29) is 0 Å². The van der Waals surface area contributed by atoms with Gasteiger partial charge in [-0.3, -0.25) is 0 Å². The molecule has 0 aromatic carbocycles. The fraction of sp³-hybridized carbons (Fsp3) is 0. The van der Waals surface area contributed by atoms with Crippen LogP contribution < -0.4 is 5.73 Å². The molecule has 2 rings (SSSR count). The second kappa shape index (κ2) is 2.65. The average Bonchev–Trinajstić information content (AvgIpc) is 2.58. The zero-order chi connectivity index (χ0) is 8.39. The third kappa shape index (κ3) is 1.14. The molecular weight excluding hydrogens is 154 g/mol. The summed E-state index contributed by atoms with van der Waals surface area (Å²) < 4.78 is 5.09. The van der Waals surface area contributed by atoms with Crippen LogP contribution >= 0.6 is 0 Å². The maximum absolute atomic E-state index is 5.42. The highest BCUT2D eigenvalue weighted by atomic mass is 16.3. The van der Waals surface area contributed by atoms with Crippen LogP contribution in [0.1, 0.15) is 0 Å². The number of anilines is 1. The maximum Gasteiger partial charge on any atom is 0.195 e. The molecule has 0 spiro atoms. The lowest BCUT2D eigenvalue weighted by atomic mass is 10.4. The monoisotopic (exact) mass is 161 g/mol. The van der Waals surface area contributed by atoms with Crippen LogP contribution in [0.3, 0.4) is 0 Å². The van der Waals surface area contributed by atoms with Crippen molar-refractivity contribution < 1.29 is 4.42 Å². The first-order valence-corrected chi connectivity index (χ1v) is 3.47. The van der Waals surface area contributed by atoms with Crippen molar-refractivity contribution in [1.29, 1.82) is 0 Å². The van der Waals surface area contributed by atoms with E-state index in [1.165, 1.54) is 0 Å². The number of hydrogen-bond acceptors (Lipinski definition) is 4. The van der Waals surface area contributed by atoms with Crippen molar-refractivity contribution in [3.8, 4) is 11.6 Å². The molecule has 0 aliphatic carbocycles. The molecule has 2 aromatic rings. The first kappa shape index (κ1) is 6.84. The smallest absolute Gasteiger partial charge is 0.195 e. The number of aromatic nitrogens is 2. The van der Waals surface area contributed by atoms with Crippen molar-refractivity contribution in [3.63, 3.8) is 0 Å². The Hall–Kier alpha value is -1.84. The molecule has 0 radical (unpaired) electrons. The van der Waals surface area contributed by atoms with E-state index in [1.54, 1.807) is 30.8 Å². The van der Waals surface area contributed by atoms with Gasteiger partial charge in [0.1, 0.15) is 0 Å². The fourth-order valence-corrected chi connectivity index (χ4v) is 0.871. The molecule has 0 fully saturated rings. The first-order valence-electron chi connectivity index (χ1n) is 3.47. The molecule has 2 aromatic heterocycles. The van der Waals surface area contributed by atoms with Crippen LogP contribution in [0.15, 0.2) is 35.2 Å². The summed E-state index contributed by atoms with van der Waals surface area (Å²) in [4.78, 5) is 7.98. The molecule has 2 heterocycles. The Labute approximate surface area is 69.1 Å². The van der Waals surface area contributed by atoms with Gasteiger partial charge < -0.3 is 10.2 Å². The van der Waals surface area contributed by atoms with Crippen LogP contribution in [0, 0.1) is 0 Å². The summed E-state index contributed by atoms with van der Waals surface area (Å²) in [5.41, 5.74) is 5.97. The first-order chi connectivity index (χ1) is 5.86. The molecule has 60 valence electrons. The van der Waals surface area contributed by atoms with E-state index >= 15 is 0 Å². The average molecular weight is 161 g/mol. The molecule has 0 atom stereocenters. The predicted molar refractivity (Wildman–Crippen MR) is 44.1 cm³/mol. The van der Waals surface area contributed by atoms with Gasteiger partial charge in [-0.1, -0.05) is 0 Å². The van der Waals surface area contributed by atoms with E-state index in [1.807, 2.05) is 0 Å². The van der Waals surface area contributed by atoms with Crippen molar-refractivity contribution in [2.24, 2.45) is 0 Å². The highest BCUT2D eigenvalue weighted by Gasteiger charge is 2.01. The summed E-state index contributed by atoms with van der Waals surface area (Å²) >= 11 is 0. The van der Waals surface area contributed by atoms with Gasteiger partial charge in [0, 0.05) is 0 Å². The van der Waals surface area contributed by atoms with Gasteiger partial charge in [0.2, 0.25) is 0 Å². The van der Waals surface area contributed by atoms with Gasteiger partial charge in [0.25, 0.3) is 0 Å². The number of furan rings is 1. The summed E-state index contributed by atoms with van der Waals surface area (Å²) in [6.45, 7) is 0. The van der Waals surface area contributed by atoms with Gasteiger partial charge in [0.05, 0.1) is 24.3 Å². The third-order valence-corrected chi connectivity index (χ3v) is 1.41. The van der Waals surface area contributed by atoms with Gasteiger partial charge >= 0.3 is 0 Å². The van der Waals surface area contributed by atoms with E-state index in [2.05, 4.69) is 9.97 Å². The SMILES string of the molecule is Nc1cnc(-c2ccco2)nc1. The Kier molecular flexibility index (Phi) is 1.51. The van der Waals surface area contributed by atoms with Crippen LogP contribution in [0.5, 0.6) is 0 Å². The molecule has 0 bridgehead atoms. The van der Waals surface area contributed by atoms with Crippen LogP contribution in [-0.4, -0.2) is 9.97 Å². The molecule has 0 saturated heterocycles. The summed E-state index contributed by atoms with van der Waals surface area (Å²) in [5, 5.41) is 0. The zero-order valence-electron chi connectivity index (χ0n) is 6.27. The minimum absolute atomic E-state index is 0.547. The summed E-state index contributed by atoms with van der Waals surface area (Å²) in [6, 6.07) is 3.58. The molecule has 0 unspecified atom stereocenters. The van der Waals surface area contributed by atoms with Gasteiger partial charge in [-0.25, -0.2) is 9.97 Å². The topological polar surface area (TPSA) is 64.9 Å². The Balaban J connectivity index is 2.43. The molecule has 12 heavy (non-hydrogen) atoms. The second-order valence-electron chi connectivity index (χ2n) is 2.32. The number of nitrogens with zero attached hydrogens (tertiary/aromatic N) is 2. The van der Waals surface area contributed by atoms with E-state index in [9.17, 15) is 0 Å². The molecule has 0 aliphatic rings. The second-order valence-corrected chi connectivity index (χ2v) is 2.32. The van der Waals surface area contributed by atoms with Crippen molar-refractivity contribution >= 4 is 5.69 Å². The molecule has 2 N–H and O–H groups in total. The highest BCUT2D eigenvalue weighted by molar-refractivity contribution is 5.47. The van der Waals surface area contributed by atoms with Crippen molar-refractivity contribution in [1.82, 2.24) is 9.97 Å². The Morgan fingerprint density at radius 3 is 2.58 bits per heavy atom. The lowest BCUT2D eigenvalue weighted by Crippen LogP contribution is -1.90. The number of hydrogen-bond donors (Lipinski definition) is 1.